The van der Waals surface area contributed by atoms with E-state index in [1.807, 2.05) is 0 Å². The summed E-state index contributed by atoms with van der Waals surface area (Å²) < 4.78 is 5.31. The molecule has 2 aliphatic heterocycles. The van der Waals surface area contributed by atoms with E-state index in [2.05, 4.69) is 0 Å². The molecule has 0 aromatic carbocycles. The van der Waals surface area contributed by atoms with Crippen molar-refractivity contribution in [1.29, 1.82) is 0 Å². The van der Waals surface area contributed by atoms with Gasteiger partial charge in [-0.2, -0.15) is 0 Å². The fourth-order valence-electron chi connectivity index (χ4n) is 2.19. The zero-order chi connectivity index (χ0) is 11.7. The molecule has 5 heteroatoms. The van der Waals surface area contributed by atoms with Crippen molar-refractivity contribution in [3.8, 4) is 0 Å². The van der Waals surface area contributed by atoms with Crippen molar-refractivity contribution in [2.75, 3.05) is 19.7 Å². The van der Waals surface area contributed by atoms with E-state index >= 15 is 0 Å². The van der Waals surface area contributed by atoms with Crippen molar-refractivity contribution in [3.63, 3.8) is 0 Å². The highest BCUT2D eigenvalue weighted by Gasteiger charge is 2.40. The summed E-state index contributed by atoms with van der Waals surface area (Å²) in [6.45, 7) is 3.48. The van der Waals surface area contributed by atoms with E-state index in [4.69, 9.17) is 9.84 Å². The average molecular weight is 227 g/mol. The molecule has 0 aliphatic carbocycles. The van der Waals surface area contributed by atoms with Gasteiger partial charge in [0.1, 0.15) is 6.10 Å². The number of carbonyl (C=O) groups is 2. The Hall–Kier alpha value is -1.10. The van der Waals surface area contributed by atoms with Crippen LogP contribution in [0.4, 0.5) is 0 Å². The van der Waals surface area contributed by atoms with Crippen LogP contribution in [0.15, 0.2) is 0 Å². The van der Waals surface area contributed by atoms with Crippen LogP contribution >= 0.6 is 0 Å². The van der Waals surface area contributed by atoms with Crippen LogP contribution in [0, 0.1) is 11.8 Å². The first-order chi connectivity index (χ1) is 7.59. The van der Waals surface area contributed by atoms with Crippen LogP contribution in [0.2, 0.25) is 0 Å². The van der Waals surface area contributed by atoms with E-state index < -0.39 is 5.97 Å². The van der Waals surface area contributed by atoms with Crippen molar-refractivity contribution in [2.45, 2.75) is 25.9 Å². The summed E-state index contributed by atoms with van der Waals surface area (Å²) in [5.74, 6) is -1.02. The molecular formula is C11H17NO4. The summed E-state index contributed by atoms with van der Waals surface area (Å²) in [7, 11) is 0. The van der Waals surface area contributed by atoms with Crippen LogP contribution in [-0.4, -0.2) is 47.7 Å². The van der Waals surface area contributed by atoms with Gasteiger partial charge in [-0.05, 0) is 12.8 Å². The maximum absolute atomic E-state index is 11.8. The molecule has 2 unspecified atom stereocenters. The molecule has 2 heterocycles. The molecule has 0 aromatic rings. The van der Waals surface area contributed by atoms with Crippen molar-refractivity contribution in [3.05, 3.63) is 0 Å². The van der Waals surface area contributed by atoms with Crippen LogP contribution in [0.5, 0.6) is 0 Å². The van der Waals surface area contributed by atoms with Gasteiger partial charge in [-0.15, -0.1) is 0 Å². The molecule has 0 bridgehead atoms. The van der Waals surface area contributed by atoms with Gasteiger partial charge in [0.15, 0.2) is 0 Å². The van der Waals surface area contributed by atoms with Gasteiger partial charge in [-0.3, -0.25) is 9.59 Å². The number of ether oxygens (including phenoxy) is 1. The van der Waals surface area contributed by atoms with Gasteiger partial charge in [0.25, 0.3) is 5.91 Å². The maximum atomic E-state index is 11.8. The number of likely N-dealkylation sites (tertiary alicyclic amines) is 1. The summed E-state index contributed by atoms with van der Waals surface area (Å²) >= 11 is 0. The molecule has 5 nitrogen and oxygen atoms in total. The Morgan fingerprint density at radius 2 is 2.12 bits per heavy atom. The summed E-state index contributed by atoms with van der Waals surface area (Å²) in [4.78, 5) is 24.3. The van der Waals surface area contributed by atoms with E-state index in [0.717, 1.165) is 12.8 Å². The monoisotopic (exact) mass is 227 g/mol. The first kappa shape index (κ1) is 11.4. The second-order valence-electron chi connectivity index (χ2n) is 4.63. The number of carboxylic acids is 1. The Morgan fingerprint density at radius 1 is 1.44 bits per heavy atom. The quantitative estimate of drug-likeness (QED) is 0.755. The third-order valence-corrected chi connectivity index (χ3v) is 3.52. The number of carbonyl (C=O) groups excluding carboxylic acids is 1. The van der Waals surface area contributed by atoms with E-state index in [-0.39, 0.29) is 23.8 Å². The fourth-order valence-corrected chi connectivity index (χ4v) is 2.19. The highest BCUT2D eigenvalue weighted by atomic mass is 16.5. The van der Waals surface area contributed by atoms with Crippen LogP contribution < -0.4 is 0 Å². The molecule has 90 valence electrons. The predicted octanol–water partition coefficient (Wildman–Crippen LogP) is 0.344. The first-order valence-corrected chi connectivity index (χ1v) is 5.73. The first-order valence-electron chi connectivity index (χ1n) is 5.73. The molecule has 16 heavy (non-hydrogen) atoms. The lowest BCUT2D eigenvalue weighted by Gasteiger charge is -2.42. The summed E-state index contributed by atoms with van der Waals surface area (Å²) in [6, 6.07) is 0. The zero-order valence-electron chi connectivity index (χ0n) is 9.39. The van der Waals surface area contributed by atoms with Crippen molar-refractivity contribution >= 4 is 11.9 Å². The minimum Gasteiger partial charge on any atom is -0.481 e. The molecule has 0 spiro atoms. The molecule has 0 radical (unpaired) electrons. The number of nitrogens with zero attached hydrogens (tertiary/aromatic N) is 1. The third kappa shape index (κ3) is 2.04. The number of aliphatic carboxylic acids is 1. The Kier molecular flexibility index (Phi) is 3.14. The molecule has 1 N–H and O–H groups in total. The molecule has 2 fully saturated rings. The van der Waals surface area contributed by atoms with Gasteiger partial charge < -0.3 is 14.7 Å². The minimum absolute atomic E-state index is 0.0336. The second kappa shape index (κ2) is 4.41. The van der Waals surface area contributed by atoms with E-state index in [1.165, 1.54) is 0 Å². The summed E-state index contributed by atoms with van der Waals surface area (Å²) in [5.41, 5.74) is 0. The number of rotatable bonds is 3. The molecular weight excluding hydrogens is 210 g/mol. The Bertz CT molecular complexity index is 292. The van der Waals surface area contributed by atoms with Crippen molar-refractivity contribution in [1.82, 2.24) is 4.90 Å². The molecule has 0 aromatic heterocycles. The molecule has 2 rings (SSSR count). The lowest BCUT2D eigenvalue weighted by Crippen LogP contribution is -2.56. The molecule has 2 aliphatic rings. The smallest absolute Gasteiger partial charge is 0.306 e. The standard InChI is InChI=1S/C11H17NO4/c1-7(11(14)15)8-5-12(6-8)10(13)9-3-2-4-16-9/h7-9H,2-6H2,1H3,(H,14,15). The molecule has 2 atom stereocenters. The van der Waals surface area contributed by atoms with Gasteiger partial charge in [0.05, 0.1) is 5.92 Å². The molecule has 0 saturated carbocycles. The lowest BCUT2D eigenvalue weighted by atomic mass is 9.86. The lowest BCUT2D eigenvalue weighted by molar-refractivity contribution is -0.155. The summed E-state index contributed by atoms with van der Waals surface area (Å²) in [5, 5.41) is 8.83. The summed E-state index contributed by atoms with van der Waals surface area (Å²) in [6.07, 6.45) is 1.47. The number of carboxylic acid groups (broad SMARTS) is 1. The maximum Gasteiger partial charge on any atom is 0.306 e. The van der Waals surface area contributed by atoms with Gasteiger partial charge in [0.2, 0.25) is 0 Å². The van der Waals surface area contributed by atoms with Gasteiger partial charge >= 0.3 is 5.97 Å². The molecule has 2 saturated heterocycles. The highest BCUT2D eigenvalue weighted by Crippen LogP contribution is 2.26. The fraction of sp³-hybridized carbons (Fsp3) is 0.818. The largest absolute Gasteiger partial charge is 0.481 e. The number of hydrogen-bond donors (Lipinski definition) is 1. The number of hydrogen-bond acceptors (Lipinski definition) is 3. The highest BCUT2D eigenvalue weighted by molar-refractivity contribution is 5.82. The van der Waals surface area contributed by atoms with Crippen LogP contribution in [0.1, 0.15) is 19.8 Å². The Labute approximate surface area is 94.4 Å². The van der Waals surface area contributed by atoms with Crippen molar-refractivity contribution in [2.24, 2.45) is 11.8 Å². The van der Waals surface area contributed by atoms with E-state index in [9.17, 15) is 9.59 Å². The van der Waals surface area contributed by atoms with Crippen LogP contribution in [-0.2, 0) is 14.3 Å². The minimum atomic E-state index is -0.783. The second-order valence-corrected chi connectivity index (χ2v) is 4.63. The number of amides is 1. The third-order valence-electron chi connectivity index (χ3n) is 3.52. The molecule has 1 amide bonds. The van der Waals surface area contributed by atoms with Crippen LogP contribution in [0.3, 0.4) is 0 Å². The average Bonchev–Trinajstić information content (AvgIpc) is 2.67. The Morgan fingerprint density at radius 3 is 2.62 bits per heavy atom. The van der Waals surface area contributed by atoms with Gasteiger partial charge in [0, 0.05) is 25.6 Å². The zero-order valence-corrected chi connectivity index (χ0v) is 9.39. The van der Waals surface area contributed by atoms with Crippen LogP contribution in [0.25, 0.3) is 0 Å². The van der Waals surface area contributed by atoms with Gasteiger partial charge in [-0.25, -0.2) is 0 Å². The van der Waals surface area contributed by atoms with Crippen molar-refractivity contribution < 1.29 is 19.4 Å². The topological polar surface area (TPSA) is 66.8 Å². The Balaban J connectivity index is 1.79. The van der Waals surface area contributed by atoms with E-state index in [1.54, 1.807) is 11.8 Å². The van der Waals surface area contributed by atoms with E-state index in [0.29, 0.717) is 19.7 Å². The normalized spacial score (nSPS) is 27.6. The van der Waals surface area contributed by atoms with Gasteiger partial charge in [-0.1, -0.05) is 6.92 Å². The SMILES string of the molecule is CC(C(=O)O)C1CN(C(=O)C2CCCO2)C1. The predicted molar refractivity (Wildman–Crippen MR) is 55.8 cm³/mol.